The molecule has 0 spiro atoms. The van der Waals surface area contributed by atoms with Crippen LogP contribution in [0.4, 0.5) is 4.39 Å². The van der Waals surface area contributed by atoms with Gasteiger partial charge in [-0.25, -0.2) is 4.39 Å². The third kappa shape index (κ3) is 4.08. The zero-order valence-electron chi connectivity index (χ0n) is 16.4. The smallest absolute Gasteiger partial charge is 0.271 e. The molecule has 152 valence electrons. The third-order valence-electron chi connectivity index (χ3n) is 4.73. The van der Waals surface area contributed by atoms with Gasteiger partial charge in [0, 0.05) is 0 Å². The van der Waals surface area contributed by atoms with Gasteiger partial charge in [0.15, 0.2) is 6.10 Å². The summed E-state index contributed by atoms with van der Waals surface area (Å²) >= 11 is 0. The van der Waals surface area contributed by atoms with Crippen molar-refractivity contribution in [3.63, 3.8) is 0 Å². The number of halogens is 1. The number of rotatable bonds is 6. The second kappa shape index (κ2) is 8.62. The highest BCUT2D eigenvalue weighted by Gasteiger charge is 2.28. The van der Waals surface area contributed by atoms with Crippen LogP contribution in [0.1, 0.15) is 34.0 Å². The molecule has 0 amide bonds. The number of aromatic hydroxyl groups is 1. The van der Waals surface area contributed by atoms with Crippen molar-refractivity contribution in [2.24, 2.45) is 0 Å². The predicted octanol–water partition coefficient (Wildman–Crippen LogP) is 3.57. The summed E-state index contributed by atoms with van der Waals surface area (Å²) in [5.41, 5.74) is -0.252. The van der Waals surface area contributed by atoms with Crippen LogP contribution >= 0.6 is 0 Å². The van der Waals surface area contributed by atoms with E-state index in [4.69, 9.17) is 4.74 Å². The van der Waals surface area contributed by atoms with Crippen molar-refractivity contribution < 1.29 is 19.0 Å². The second-order valence-electron chi connectivity index (χ2n) is 6.77. The highest BCUT2D eigenvalue weighted by Crippen LogP contribution is 2.25. The first-order valence-electron chi connectivity index (χ1n) is 9.20. The number of pyridine rings is 1. The van der Waals surface area contributed by atoms with Crippen LogP contribution in [0.5, 0.6) is 11.6 Å². The normalized spacial score (nSPS) is 11.5. The molecule has 2 aromatic carbocycles. The Morgan fingerprint density at radius 1 is 1.20 bits per heavy atom. The Morgan fingerprint density at radius 2 is 1.83 bits per heavy atom. The van der Waals surface area contributed by atoms with E-state index in [0.717, 1.165) is 10.1 Å². The lowest BCUT2D eigenvalue weighted by atomic mass is 9.99. The van der Waals surface area contributed by atoms with Gasteiger partial charge in [-0.15, -0.1) is 0 Å². The predicted molar refractivity (Wildman–Crippen MR) is 108 cm³/mol. The van der Waals surface area contributed by atoms with E-state index < -0.39 is 29.1 Å². The molecule has 0 aliphatic rings. The quantitative estimate of drug-likeness (QED) is 0.632. The lowest BCUT2D eigenvalue weighted by molar-refractivity contribution is 0.0812. The molecule has 0 saturated heterocycles. The molecule has 1 heterocycles. The number of carbonyl (C=O) groups excluding carboxylic acids is 1. The molecular weight excluding hydrogens is 387 g/mol. The fourth-order valence-electron chi connectivity index (χ4n) is 3.13. The first kappa shape index (κ1) is 20.8. The Bertz CT molecular complexity index is 1180. The standard InChI is InChI=1S/C23H19FN2O4/c1-14-19(12-25)22(28)26(13-16-6-4-3-5-7-16)23(29)20(14)21(27)15(2)30-18-10-8-17(24)9-11-18/h3-11,15,29H,13H2,1-2H3. The highest BCUT2D eigenvalue weighted by atomic mass is 19.1. The maximum Gasteiger partial charge on any atom is 0.271 e. The van der Waals surface area contributed by atoms with Gasteiger partial charge < -0.3 is 9.84 Å². The maximum atomic E-state index is 13.1. The van der Waals surface area contributed by atoms with Gasteiger partial charge in [0.05, 0.1) is 12.1 Å². The molecule has 30 heavy (non-hydrogen) atoms. The molecule has 0 aliphatic carbocycles. The molecule has 3 rings (SSSR count). The largest absolute Gasteiger partial charge is 0.494 e. The van der Waals surface area contributed by atoms with Crippen LogP contribution in [0, 0.1) is 24.1 Å². The number of ketones is 1. The number of carbonyl (C=O) groups is 1. The van der Waals surface area contributed by atoms with Gasteiger partial charge in [-0.05, 0) is 49.2 Å². The van der Waals surface area contributed by atoms with Crippen LogP contribution in [-0.4, -0.2) is 21.6 Å². The topological polar surface area (TPSA) is 92.3 Å². The van der Waals surface area contributed by atoms with Crippen molar-refractivity contribution in [1.29, 1.82) is 5.26 Å². The second-order valence-corrected chi connectivity index (χ2v) is 6.77. The number of Topliss-reactive ketones (excluding diaryl/α,β-unsaturated/α-hetero) is 1. The molecule has 1 atom stereocenters. The Balaban J connectivity index is 2.03. The van der Waals surface area contributed by atoms with Crippen LogP contribution < -0.4 is 10.3 Å². The number of benzene rings is 2. The molecule has 7 heteroatoms. The van der Waals surface area contributed by atoms with Gasteiger partial charge in [-0.3, -0.25) is 14.2 Å². The van der Waals surface area contributed by atoms with Crippen LogP contribution in [0.25, 0.3) is 0 Å². The zero-order chi connectivity index (χ0) is 21.8. The van der Waals surface area contributed by atoms with Crippen LogP contribution in [0.2, 0.25) is 0 Å². The lowest BCUT2D eigenvalue weighted by Crippen LogP contribution is -2.31. The number of nitrogens with zero attached hydrogens (tertiary/aromatic N) is 2. The number of hydrogen-bond donors (Lipinski definition) is 1. The van der Waals surface area contributed by atoms with Crippen molar-refractivity contribution in [2.75, 3.05) is 0 Å². The first-order valence-corrected chi connectivity index (χ1v) is 9.20. The molecule has 0 bridgehead atoms. The van der Waals surface area contributed by atoms with E-state index in [1.807, 2.05) is 12.1 Å². The van der Waals surface area contributed by atoms with E-state index in [0.29, 0.717) is 0 Å². The van der Waals surface area contributed by atoms with Crippen LogP contribution in [0.15, 0.2) is 59.4 Å². The number of aromatic nitrogens is 1. The van der Waals surface area contributed by atoms with E-state index in [-0.39, 0.29) is 29.0 Å². The molecule has 0 radical (unpaired) electrons. The van der Waals surface area contributed by atoms with Gasteiger partial charge >= 0.3 is 0 Å². The Labute approximate surface area is 172 Å². The summed E-state index contributed by atoms with van der Waals surface area (Å²) in [4.78, 5) is 25.8. The van der Waals surface area contributed by atoms with E-state index in [9.17, 15) is 24.3 Å². The average molecular weight is 406 g/mol. The molecule has 0 saturated carbocycles. The van der Waals surface area contributed by atoms with Gasteiger partial charge in [-0.2, -0.15) is 5.26 Å². The minimum atomic E-state index is -1.05. The van der Waals surface area contributed by atoms with Crippen molar-refractivity contribution in [2.45, 2.75) is 26.5 Å². The number of hydrogen-bond acceptors (Lipinski definition) is 5. The Morgan fingerprint density at radius 3 is 2.43 bits per heavy atom. The van der Waals surface area contributed by atoms with Gasteiger partial charge in [0.25, 0.3) is 5.56 Å². The van der Waals surface area contributed by atoms with Gasteiger partial charge in [-0.1, -0.05) is 30.3 Å². The maximum absolute atomic E-state index is 13.1. The third-order valence-corrected chi connectivity index (χ3v) is 4.73. The summed E-state index contributed by atoms with van der Waals surface area (Å²) in [6, 6.07) is 15.9. The summed E-state index contributed by atoms with van der Waals surface area (Å²) in [6.07, 6.45) is -1.05. The first-order chi connectivity index (χ1) is 14.3. The summed E-state index contributed by atoms with van der Waals surface area (Å²) < 4.78 is 19.6. The van der Waals surface area contributed by atoms with Gasteiger partial charge in [0.1, 0.15) is 23.2 Å². The van der Waals surface area contributed by atoms with E-state index in [1.54, 1.807) is 24.3 Å². The van der Waals surface area contributed by atoms with Crippen LogP contribution in [0.3, 0.4) is 0 Å². The number of nitriles is 1. The molecule has 1 aromatic heterocycles. The summed E-state index contributed by atoms with van der Waals surface area (Å²) in [6.45, 7) is 2.90. The van der Waals surface area contributed by atoms with Gasteiger partial charge in [0.2, 0.25) is 11.7 Å². The summed E-state index contributed by atoms with van der Waals surface area (Å²) in [7, 11) is 0. The molecule has 3 aromatic rings. The monoisotopic (exact) mass is 406 g/mol. The molecule has 1 N–H and O–H groups in total. The summed E-state index contributed by atoms with van der Waals surface area (Å²) in [5, 5.41) is 20.2. The minimum Gasteiger partial charge on any atom is -0.494 e. The summed E-state index contributed by atoms with van der Waals surface area (Å²) in [5.74, 6) is -1.30. The lowest BCUT2D eigenvalue weighted by Gasteiger charge is -2.19. The van der Waals surface area contributed by atoms with E-state index >= 15 is 0 Å². The highest BCUT2D eigenvalue weighted by molar-refractivity contribution is 6.03. The van der Waals surface area contributed by atoms with E-state index in [1.165, 1.54) is 38.1 Å². The fourth-order valence-corrected chi connectivity index (χ4v) is 3.13. The van der Waals surface area contributed by atoms with Crippen LogP contribution in [-0.2, 0) is 6.54 Å². The average Bonchev–Trinajstić information content (AvgIpc) is 2.74. The SMILES string of the molecule is Cc1c(C(=O)C(C)Oc2ccc(F)cc2)c(O)n(Cc2ccccc2)c(=O)c1C#N. The van der Waals surface area contributed by atoms with Crippen molar-refractivity contribution >= 4 is 5.78 Å². The van der Waals surface area contributed by atoms with Crippen molar-refractivity contribution in [3.05, 3.63) is 93.0 Å². The van der Waals surface area contributed by atoms with E-state index in [2.05, 4.69) is 0 Å². The minimum absolute atomic E-state index is 0.00601. The van der Waals surface area contributed by atoms with Crippen molar-refractivity contribution in [3.8, 4) is 17.7 Å². The molecule has 6 nitrogen and oxygen atoms in total. The molecule has 0 fully saturated rings. The molecule has 0 aliphatic heterocycles. The molecule has 1 unspecified atom stereocenters. The zero-order valence-corrected chi connectivity index (χ0v) is 16.4. The Kier molecular flexibility index (Phi) is 5.98. The molecular formula is C23H19FN2O4. The fraction of sp³-hybridized carbons (Fsp3) is 0.174. The Hall–Kier alpha value is -3.92. The van der Waals surface area contributed by atoms with Crippen molar-refractivity contribution in [1.82, 2.24) is 4.57 Å². The number of ether oxygens (including phenoxy) is 1.